The predicted molar refractivity (Wildman–Crippen MR) is 75.6 cm³/mol. The third-order valence-electron chi connectivity index (χ3n) is 3.30. The van der Waals surface area contributed by atoms with E-state index >= 15 is 0 Å². The first-order chi connectivity index (χ1) is 9.97. The number of carbonyl (C=O) groups excluding carboxylic acids is 2. The molecule has 0 aromatic carbocycles. The number of rotatable bonds is 7. The lowest BCUT2D eigenvalue weighted by atomic mass is 10.2. The molecule has 116 valence electrons. The smallest absolute Gasteiger partial charge is 0.360 e. The quantitative estimate of drug-likeness (QED) is 0.756. The molecule has 1 saturated carbocycles. The van der Waals surface area contributed by atoms with E-state index in [0.29, 0.717) is 18.2 Å². The minimum absolute atomic E-state index is 0.0724. The molecule has 1 aromatic rings. The summed E-state index contributed by atoms with van der Waals surface area (Å²) >= 11 is 0. The summed E-state index contributed by atoms with van der Waals surface area (Å²) in [6.45, 7) is 6.76. The van der Waals surface area contributed by atoms with Gasteiger partial charge in [-0.2, -0.15) is 0 Å². The second-order valence-corrected chi connectivity index (χ2v) is 5.92. The van der Waals surface area contributed by atoms with E-state index in [1.165, 1.54) is 17.5 Å². The monoisotopic (exact) mass is 294 g/mol. The van der Waals surface area contributed by atoms with Gasteiger partial charge in [0.2, 0.25) is 5.91 Å². The van der Waals surface area contributed by atoms with Crippen LogP contribution in [0.15, 0.2) is 0 Å². The molecule has 21 heavy (non-hydrogen) atoms. The van der Waals surface area contributed by atoms with Gasteiger partial charge >= 0.3 is 5.97 Å². The lowest BCUT2D eigenvalue weighted by Crippen LogP contribution is -2.30. The Labute approximate surface area is 124 Å². The minimum Gasteiger partial charge on any atom is -0.461 e. The fraction of sp³-hybridized carbons (Fsp3) is 0.714. The SMILES string of the molecule is Cc1c(C(=O)OCC(C)C)nnn1CC(=O)NCC1CC1. The van der Waals surface area contributed by atoms with Gasteiger partial charge in [-0.1, -0.05) is 19.1 Å². The van der Waals surface area contributed by atoms with Crippen LogP contribution in [0.1, 0.15) is 42.9 Å². The number of hydrogen-bond acceptors (Lipinski definition) is 5. The van der Waals surface area contributed by atoms with Crippen molar-refractivity contribution < 1.29 is 14.3 Å². The van der Waals surface area contributed by atoms with Crippen LogP contribution < -0.4 is 5.32 Å². The lowest BCUT2D eigenvalue weighted by molar-refractivity contribution is -0.121. The maximum atomic E-state index is 11.9. The Bertz CT molecular complexity index is 520. The van der Waals surface area contributed by atoms with Crippen molar-refractivity contribution in [3.63, 3.8) is 0 Å². The Kier molecular flexibility index (Phi) is 4.93. The molecule has 0 saturated heterocycles. The molecule has 7 heteroatoms. The van der Waals surface area contributed by atoms with Crippen LogP contribution in [0.2, 0.25) is 0 Å². The molecule has 1 aliphatic rings. The molecule has 0 radical (unpaired) electrons. The van der Waals surface area contributed by atoms with Crippen LogP contribution in [0, 0.1) is 18.8 Å². The highest BCUT2D eigenvalue weighted by molar-refractivity contribution is 5.88. The second-order valence-electron chi connectivity index (χ2n) is 5.92. The molecule has 1 aromatic heterocycles. The summed E-state index contributed by atoms with van der Waals surface area (Å²) in [6, 6.07) is 0. The van der Waals surface area contributed by atoms with Gasteiger partial charge in [0.25, 0.3) is 0 Å². The molecule has 7 nitrogen and oxygen atoms in total. The Morgan fingerprint density at radius 1 is 1.43 bits per heavy atom. The van der Waals surface area contributed by atoms with Crippen LogP contribution in [0.4, 0.5) is 0 Å². The molecule has 0 unspecified atom stereocenters. The Hall–Kier alpha value is -1.92. The first-order valence-electron chi connectivity index (χ1n) is 7.31. The van der Waals surface area contributed by atoms with Crippen molar-refractivity contribution >= 4 is 11.9 Å². The zero-order valence-corrected chi connectivity index (χ0v) is 12.8. The van der Waals surface area contributed by atoms with Crippen LogP contribution >= 0.6 is 0 Å². The van der Waals surface area contributed by atoms with Crippen molar-refractivity contribution in [3.05, 3.63) is 11.4 Å². The number of aromatic nitrogens is 3. The average molecular weight is 294 g/mol. The van der Waals surface area contributed by atoms with Crippen molar-refractivity contribution in [2.75, 3.05) is 13.2 Å². The largest absolute Gasteiger partial charge is 0.461 e. The van der Waals surface area contributed by atoms with E-state index in [-0.39, 0.29) is 24.1 Å². The first kappa shape index (κ1) is 15.5. The van der Waals surface area contributed by atoms with E-state index in [4.69, 9.17) is 4.74 Å². The molecule has 1 fully saturated rings. The van der Waals surface area contributed by atoms with Crippen LogP contribution in [0.5, 0.6) is 0 Å². The lowest BCUT2D eigenvalue weighted by Gasteiger charge is -2.07. The summed E-state index contributed by atoms with van der Waals surface area (Å²) in [6.07, 6.45) is 2.38. The summed E-state index contributed by atoms with van der Waals surface area (Å²) < 4.78 is 6.55. The van der Waals surface area contributed by atoms with Crippen LogP contribution in [0.3, 0.4) is 0 Å². The molecule has 0 bridgehead atoms. The number of ether oxygens (including phenoxy) is 1. The summed E-state index contributed by atoms with van der Waals surface area (Å²) in [4.78, 5) is 23.6. The van der Waals surface area contributed by atoms with E-state index < -0.39 is 5.97 Å². The topological polar surface area (TPSA) is 86.1 Å². The fourth-order valence-electron chi connectivity index (χ4n) is 1.78. The third-order valence-corrected chi connectivity index (χ3v) is 3.30. The van der Waals surface area contributed by atoms with Crippen molar-refractivity contribution in [2.45, 2.75) is 40.2 Å². The van der Waals surface area contributed by atoms with Gasteiger partial charge in [-0.3, -0.25) is 4.79 Å². The van der Waals surface area contributed by atoms with E-state index in [2.05, 4.69) is 15.6 Å². The van der Waals surface area contributed by atoms with Crippen molar-refractivity contribution in [1.29, 1.82) is 0 Å². The van der Waals surface area contributed by atoms with Gasteiger partial charge in [0.15, 0.2) is 5.69 Å². The number of nitrogens with zero attached hydrogens (tertiary/aromatic N) is 3. The molecule has 1 N–H and O–H groups in total. The molecule has 2 rings (SSSR count). The maximum absolute atomic E-state index is 11.9. The highest BCUT2D eigenvalue weighted by Gasteiger charge is 2.23. The van der Waals surface area contributed by atoms with Gasteiger partial charge in [-0.25, -0.2) is 9.48 Å². The summed E-state index contributed by atoms with van der Waals surface area (Å²) in [7, 11) is 0. The number of hydrogen-bond donors (Lipinski definition) is 1. The van der Waals surface area contributed by atoms with E-state index in [9.17, 15) is 9.59 Å². The number of esters is 1. The number of carbonyl (C=O) groups is 2. The number of amides is 1. The molecule has 1 amide bonds. The summed E-state index contributed by atoms with van der Waals surface area (Å²) in [5, 5.41) is 10.5. The van der Waals surface area contributed by atoms with Crippen LogP contribution in [-0.4, -0.2) is 40.0 Å². The zero-order valence-electron chi connectivity index (χ0n) is 12.8. The predicted octanol–water partition coefficient (Wildman–Crippen LogP) is 0.926. The normalized spacial score (nSPS) is 14.3. The van der Waals surface area contributed by atoms with Gasteiger partial charge in [-0.15, -0.1) is 5.10 Å². The van der Waals surface area contributed by atoms with Gasteiger partial charge in [0, 0.05) is 6.54 Å². The van der Waals surface area contributed by atoms with E-state index in [1.807, 2.05) is 13.8 Å². The molecule has 0 atom stereocenters. The minimum atomic E-state index is -0.495. The summed E-state index contributed by atoms with van der Waals surface area (Å²) in [5.41, 5.74) is 0.718. The molecule has 0 aliphatic heterocycles. The Morgan fingerprint density at radius 3 is 2.76 bits per heavy atom. The van der Waals surface area contributed by atoms with E-state index in [0.717, 1.165) is 6.54 Å². The molecular weight excluding hydrogens is 272 g/mol. The maximum Gasteiger partial charge on any atom is 0.360 e. The van der Waals surface area contributed by atoms with Crippen molar-refractivity contribution in [1.82, 2.24) is 20.3 Å². The average Bonchev–Trinajstić information content (AvgIpc) is 3.19. The van der Waals surface area contributed by atoms with Gasteiger partial charge < -0.3 is 10.1 Å². The summed E-state index contributed by atoms with van der Waals surface area (Å²) in [5.74, 6) is 0.285. The van der Waals surface area contributed by atoms with Crippen LogP contribution in [-0.2, 0) is 16.1 Å². The second kappa shape index (κ2) is 6.69. The Morgan fingerprint density at radius 2 is 2.14 bits per heavy atom. The molecule has 1 aliphatic carbocycles. The highest BCUT2D eigenvalue weighted by atomic mass is 16.5. The van der Waals surface area contributed by atoms with E-state index in [1.54, 1.807) is 6.92 Å². The number of nitrogens with one attached hydrogen (secondary N) is 1. The molecular formula is C14H22N4O3. The molecule has 1 heterocycles. The van der Waals surface area contributed by atoms with Gasteiger partial charge in [0.1, 0.15) is 6.54 Å². The Balaban J connectivity index is 1.89. The van der Waals surface area contributed by atoms with Crippen LogP contribution in [0.25, 0.3) is 0 Å². The van der Waals surface area contributed by atoms with Gasteiger partial charge in [-0.05, 0) is 31.6 Å². The zero-order chi connectivity index (χ0) is 15.4. The van der Waals surface area contributed by atoms with Gasteiger partial charge in [0.05, 0.1) is 12.3 Å². The van der Waals surface area contributed by atoms with Crippen molar-refractivity contribution in [2.24, 2.45) is 11.8 Å². The molecule has 0 spiro atoms. The highest BCUT2D eigenvalue weighted by Crippen LogP contribution is 2.27. The fourth-order valence-corrected chi connectivity index (χ4v) is 1.78. The van der Waals surface area contributed by atoms with Crippen molar-refractivity contribution in [3.8, 4) is 0 Å². The standard InChI is InChI=1S/C14H22N4O3/c1-9(2)8-21-14(20)13-10(3)18(17-16-13)7-12(19)15-6-11-4-5-11/h9,11H,4-8H2,1-3H3,(H,15,19). The first-order valence-corrected chi connectivity index (χ1v) is 7.31. The third kappa shape index (κ3) is 4.54.